The Hall–Kier alpha value is -5.86. The quantitative estimate of drug-likeness (QED) is 0.0994. The lowest BCUT2D eigenvalue weighted by atomic mass is 9.81. The number of nitrogens with one attached hydrogen (secondary N) is 1. The first-order chi connectivity index (χ1) is 27.1. The zero-order valence-corrected chi connectivity index (χ0v) is 31.7. The van der Waals surface area contributed by atoms with E-state index in [9.17, 15) is 26.3 Å². The van der Waals surface area contributed by atoms with Crippen molar-refractivity contribution < 1.29 is 31.8 Å². The molecule has 1 aliphatic heterocycles. The molecule has 0 spiro atoms. The van der Waals surface area contributed by atoms with Gasteiger partial charge in [-0.3, -0.25) is 10.8 Å². The van der Waals surface area contributed by atoms with Crippen LogP contribution in [0.4, 0.5) is 26.3 Å². The van der Waals surface area contributed by atoms with Gasteiger partial charge < -0.3 is 5.32 Å². The molecular formula is C43H30F6N6S2. The number of thioether (sulfide) groups is 1. The second-order valence-corrected chi connectivity index (χ2v) is 16.0. The molecule has 1 unspecified atom stereocenters. The van der Waals surface area contributed by atoms with Crippen LogP contribution in [-0.2, 0) is 17.8 Å². The molecule has 1 aliphatic carbocycles. The van der Waals surface area contributed by atoms with Gasteiger partial charge in [0.2, 0.25) is 5.04 Å². The standard InChI is InChI=1S/C43H29F6N6S2/c1-41(2)31-21-25(37(50)56-38(51)35-7-3-5-33(52-35)23-9-15-27(16-10-23)42(44,45)46)13-19-29(31)30-20-14-26(22-32(30)41)39-54-55-40(57-39)36-8-4-6-34(53-36)24-11-17-28(18-12-24)43(47,48)49/h3-22,35,50-51H,1-2H3/q-1/p+1. The van der Waals surface area contributed by atoms with Gasteiger partial charge in [-0.1, -0.05) is 98.0 Å². The van der Waals surface area contributed by atoms with E-state index in [1.54, 1.807) is 36.4 Å². The molecule has 6 nitrogen and oxygen atoms in total. The number of aromatic nitrogens is 3. The predicted molar refractivity (Wildman–Crippen MR) is 214 cm³/mol. The molecule has 286 valence electrons. The molecule has 2 aromatic heterocycles. The highest BCUT2D eigenvalue weighted by molar-refractivity contribution is 8.26. The number of hydrogen-bond donors (Lipinski definition) is 2. The summed E-state index contributed by atoms with van der Waals surface area (Å²) >= 11 is 2.46. The monoisotopic (exact) mass is 808 g/mol. The van der Waals surface area contributed by atoms with Crippen LogP contribution in [0.2, 0.25) is 0 Å². The van der Waals surface area contributed by atoms with Crippen molar-refractivity contribution in [1.82, 2.24) is 15.2 Å². The molecule has 0 saturated carbocycles. The number of hydrogen-bond acceptors (Lipinski definition) is 6. The van der Waals surface area contributed by atoms with Crippen molar-refractivity contribution in [3.63, 3.8) is 0 Å². The van der Waals surface area contributed by atoms with Crippen LogP contribution < -0.4 is 5.41 Å². The Balaban J connectivity index is 0.966. The Labute approximate surface area is 331 Å². The maximum atomic E-state index is 13.1. The third-order valence-electron chi connectivity index (χ3n) is 9.93. The van der Waals surface area contributed by atoms with Crippen molar-refractivity contribution in [2.45, 2.75) is 37.7 Å². The smallest absolute Gasteiger partial charge is 0.416 e. The highest BCUT2D eigenvalue weighted by Crippen LogP contribution is 2.50. The average Bonchev–Trinajstić information content (AvgIpc) is 3.78. The molecule has 1 atom stereocenters. The molecule has 2 aliphatic rings. The van der Waals surface area contributed by atoms with E-state index in [2.05, 4.69) is 46.5 Å². The van der Waals surface area contributed by atoms with Crippen LogP contribution in [-0.4, -0.2) is 31.3 Å². The predicted octanol–water partition coefficient (Wildman–Crippen LogP) is 10.8. The van der Waals surface area contributed by atoms with E-state index in [0.29, 0.717) is 48.8 Å². The second-order valence-electron chi connectivity index (χ2n) is 14.0. The number of nitrogens with two attached hydrogens (primary N) is 1. The van der Waals surface area contributed by atoms with Gasteiger partial charge in [-0.15, -0.1) is 15.9 Å². The van der Waals surface area contributed by atoms with Gasteiger partial charge >= 0.3 is 12.4 Å². The van der Waals surface area contributed by atoms with E-state index in [0.717, 1.165) is 63.8 Å². The number of nitrogens with zero attached hydrogens (tertiary/aromatic N) is 4. The second kappa shape index (κ2) is 14.3. The lowest BCUT2D eigenvalue weighted by molar-refractivity contribution is -0.138. The molecule has 6 aromatic rings. The molecule has 0 radical (unpaired) electrons. The largest absolute Gasteiger partial charge is 0.669 e. The Morgan fingerprint density at radius 3 is 1.98 bits per heavy atom. The number of alkyl halides is 6. The summed E-state index contributed by atoms with van der Waals surface area (Å²) in [6.07, 6.45) is -3.61. The Bertz CT molecular complexity index is 2620. The molecule has 8 rings (SSSR count). The van der Waals surface area contributed by atoms with Crippen molar-refractivity contribution >= 4 is 38.9 Å². The minimum atomic E-state index is -4.43. The molecular weight excluding hydrogens is 779 g/mol. The van der Waals surface area contributed by atoms with Crippen LogP contribution >= 0.6 is 23.1 Å². The molecule has 3 N–H and O–H groups in total. The van der Waals surface area contributed by atoms with Crippen LogP contribution in [0.15, 0.2) is 121 Å². The summed E-state index contributed by atoms with van der Waals surface area (Å²) < 4.78 is 78.4. The van der Waals surface area contributed by atoms with Crippen LogP contribution in [0.25, 0.3) is 54.7 Å². The van der Waals surface area contributed by atoms with Gasteiger partial charge in [0.1, 0.15) is 15.7 Å². The summed E-state index contributed by atoms with van der Waals surface area (Å²) in [7, 11) is 0. The molecule has 57 heavy (non-hydrogen) atoms. The summed E-state index contributed by atoms with van der Waals surface area (Å²) in [5, 5.41) is 30.8. The molecule has 3 heterocycles. The fourth-order valence-electron chi connectivity index (χ4n) is 6.88. The maximum absolute atomic E-state index is 13.1. The fourth-order valence-corrected chi connectivity index (χ4v) is 8.43. The third-order valence-corrected chi connectivity index (χ3v) is 11.8. The van der Waals surface area contributed by atoms with Crippen LogP contribution in [0.1, 0.15) is 47.2 Å². The Morgan fingerprint density at radius 1 is 0.737 bits per heavy atom. The number of rotatable bonds is 6. The first-order valence-electron chi connectivity index (χ1n) is 17.5. The molecule has 0 bridgehead atoms. The van der Waals surface area contributed by atoms with Crippen molar-refractivity contribution in [2.24, 2.45) is 0 Å². The van der Waals surface area contributed by atoms with Gasteiger partial charge in [0.25, 0.3) is 0 Å². The third kappa shape index (κ3) is 7.42. The lowest BCUT2D eigenvalue weighted by Gasteiger charge is -2.34. The molecule has 4 aromatic carbocycles. The SMILES string of the molecule is CC1(C)c2cc(C(=N)SC(=[NH2+])C3C=CC=C(c4ccc(C(F)(F)F)cc4)[N-]3)ccc2-c2ccc(-c3nnc(-c4cccc(-c5ccc(C(F)(F)F)cc5)n4)s3)cc21. The topological polar surface area (TPSA) is 102 Å². The summed E-state index contributed by atoms with van der Waals surface area (Å²) in [6.45, 7) is 4.26. The van der Waals surface area contributed by atoms with E-state index in [1.807, 2.05) is 24.3 Å². The van der Waals surface area contributed by atoms with Gasteiger partial charge in [-0.2, -0.15) is 26.3 Å². The van der Waals surface area contributed by atoms with Gasteiger partial charge in [0.05, 0.1) is 16.8 Å². The summed E-state index contributed by atoms with van der Waals surface area (Å²) in [5.41, 5.74) is 6.58. The van der Waals surface area contributed by atoms with Crippen molar-refractivity contribution in [3.05, 3.63) is 160 Å². The molecule has 0 fully saturated rings. The first kappa shape index (κ1) is 38.0. The van der Waals surface area contributed by atoms with Crippen molar-refractivity contribution in [1.29, 1.82) is 5.41 Å². The minimum Gasteiger partial charge on any atom is -0.669 e. The van der Waals surface area contributed by atoms with E-state index < -0.39 is 34.9 Å². The summed E-state index contributed by atoms with van der Waals surface area (Å²) in [6, 6.07) is 26.5. The zero-order valence-electron chi connectivity index (χ0n) is 30.1. The van der Waals surface area contributed by atoms with Gasteiger partial charge in [0.15, 0.2) is 5.01 Å². The van der Waals surface area contributed by atoms with Crippen molar-refractivity contribution in [2.75, 3.05) is 0 Å². The number of halogens is 6. The minimum absolute atomic E-state index is 0.231. The van der Waals surface area contributed by atoms with Crippen LogP contribution in [0, 0.1) is 5.41 Å². The molecule has 14 heteroatoms. The number of pyridine rings is 1. The number of allylic oxidation sites excluding steroid dienone is 2. The fraction of sp³-hybridized carbons (Fsp3) is 0.140. The summed E-state index contributed by atoms with van der Waals surface area (Å²) in [4.78, 5) is 4.67. The highest BCUT2D eigenvalue weighted by Gasteiger charge is 2.37. The van der Waals surface area contributed by atoms with Crippen LogP contribution in [0.3, 0.4) is 0 Å². The van der Waals surface area contributed by atoms with Crippen molar-refractivity contribution in [3.8, 4) is 43.7 Å². The molecule has 0 amide bonds. The van der Waals surface area contributed by atoms with Gasteiger partial charge in [-0.25, -0.2) is 4.98 Å². The number of fused-ring (bicyclic) bond motifs is 3. The van der Waals surface area contributed by atoms with Crippen LogP contribution in [0.5, 0.6) is 0 Å². The zero-order chi connectivity index (χ0) is 40.3. The highest BCUT2D eigenvalue weighted by atomic mass is 32.2. The van der Waals surface area contributed by atoms with E-state index in [-0.39, 0.29) is 5.04 Å². The van der Waals surface area contributed by atoms with Gasteiger partial charge in [-0.05, 0) is 94.2 Å². The lowest BCUT2D eigenvalue weighted by Crippen LogP contribution is -2.44. The average molecular weight is 809 g/mol. The Kier molecular flexibility index (Phi) is 9.52. The Morgan fingerprint density at radius 2 is 1.32 bits per heavy atom. The number of benzene rings is 4. The molecule has 0 saturated heterocycles. The normalized spacial score (nSPS) is 15.7. The summed E-state index contributed by atoms with van der Waals surface area (Å²) in [5.74, 6) is 0. The van der Waals surface area contributed by atoms with E-state index in [4.69, 9.17) is 10.8 Å². The maximum Gasteiger partial charge on any atom is 0.416 e. The van der Waals surface area contributed by atoms with E-state index >= 15 is 0 Å². The first-order valence-corrected chi connectivity index (χ1v) is 19.1. The van der Waals surface area contributed by atoms with E-state index in [1.165, 1.54) is 35.6 Å². The van der Waals surface area contributed by atoms with Gasteiger partial charge in [0, 0.05) is 22.1 Å².